The van der Waals surface area contributed by atoms with E-state index in [1.165, 1.54) is 30.8 Å². The van der Waals surface area contributed by atoms with Gasteiger partial charge in [-0.1, -0.05) is 12.1 Å². The van der Waals surface area contributed by atoms with Gasteiger partial charge >= 0.3 is 17.9 Å². The number of rotatable bonds is 6. The van der Waals surface area contributed by atoms with Gasteiger partial charge in [-0.2, -0.15) is 0 Å². The maximum Gasteiger partial charge on any atom is 0.303 e. The molecule has 2 aliphatic rings. The first-order valence-corrected chi connectivity index (χ1v) is 11.1. The van der Waals surface area contributed by atoms with Crippen LogP contribution in [0.3, 0.4) is 0 Å². The van der Waals surface area contributed by atoms with Crippen molar-refractivity contribution in [2.75, 3.05) is 12.9 Å². The zero-order valence-corrected chi connectivity index (χ0v) is 18.7. The Bertz CT molecular complexity index is 914. The molecule has 0 aliphatic carbocycles. The first kappa shape index (κ1) is 23.7. The average Bonchev–Trinajstić information content (AvgIpc) is 2.98. The molecule has 0 radical (unpaired) electrons. The highest BCUT2D eigenvalue weighted by Crippen LogP contribution is 2.37. The van der Waals surface area contributed by atoms with Crippen molar-refractivity contribution in [2.24, 2.45) is 0 Å². The number of amides is 2. The number of esters is 3. The quantitative estimate of drug-likeness (QED) is 0.343. The molecular weight excluding hydrogens is 442 g/mol. The van der Waals surface area contributed by atoms with Crippen molar-refractivity contribution in [3.8, 4) is 0 Å². The van der Waals surface area contributed by atoms with Crippen LogP contribution in [0, 0.1) is 0 Å². The van der Waals surface area contributed by atoms with E-state index >= 15 is 0 Å². The molecule has 11 heteroatoms. The van der Waals surface area contributed by atoms with Gasteiger partial charge in [0.25, 0.3) is 11.8 Å². The van der Waals surface area contributed by atoms with E-state index in [9.17, 15) is 24.0 Å². The Morgan fingerprint density at radius 3 is 1.94 bits per heavy atom. The predicted molar refractivity (Wildman–Crippen MR) is 111 cm³/mol. The molecule has 1 aromatic carbocycles. The van der Waals surface area contributed by atoms with Crippen molar-refractivity contribution in [3.63, 3.8) is 0 Å². The number of carbonyl (C=O) groups excluding carboxylic acids is 5. The monoisotopic (exact) mass is 465 g/mol. The lowest BCUT2D eigenvalue weighted by Gasteiger charge is -2.47. The number of carbonyl (C=O) groups is 5. The van der Waals surface area contributed by atoms with Crippen molar-refractivity contribution in [2.45, 2.75) is 50.6 Å². The first-order valence-electron chi connectivity index (χ1n) is 9.78. The first-order chi connectivity index (χ1) is 15.1. The summed E-state index contributed by atoms with van der Waals surface area (Å²) in [5.74, 6) is -3.14. The molecule has 2 heterocycles. The van der Waals surface area contributed by atoms with Gasteiger partial charge in [-0.25, -0.2) is 0 Å². The fourth-order valence-corrected chi connectivity index (χ4v) is 4.64. The molecule has 0 aromatic heterocycles. The Morgan fingerprint density at radius 1 is 0.938 bits per heavy atom. The summed E-state index contributed by atoms with van der Waals surface area (Å²) < 4.78 is 21.9. The van der Waals surface area contributed by atoms with Crippen LogP contribution in [0.1, 0.15) is 41.5 Å². The minimum absolute atomic E-state index is 0.213. The lowest BCUT2D eigenvalue weighted by molar-refractivity contribution is -0.216. The topological polar surface area (TPSA) is 126 Å². The van der Waals surface area contributed by atoms with E-state index in [-0.39, 0.29) is 17.7 Å². The summed E-state index contributed by atoms with van der Waals surface area (Å²) in [5.41, 5.74) is -0.427. The van der Waals surface area contributed by atoms with E-state index in [0.29, 0.717) is 0 Å². The Hall–Kier alpha value is -2.92. The molecule has 1 saturated heterocycles. The fraction of sp³-hybridized carbons (Fsp3) is 0.476. The summed E-state index contributed by atoms with van der Waals surface area (Å²) in [7, 11) is 0. The summed E-state index contributed by atoms with van der Waals surface area (Å²) >= 11 is 1.17. The Balaban J connectivity index is 2.05. The number of hydrogen-bond donors (Lipinski definition) is 0. The molecule has 10 nitrogen and oxygen atoms in total. The highest BCUT2D eigenvalue weighted by atomic mass is 32.2. The second-order valence-electron chi connectivity index (χ2n) is 7.25. The second-order valence-corrected chi connectivity index (χ2v) is 8.18. The number of ether oxygens (including phenoxy) is 4. The van der Waals surface area contributed by atoms with Gasteiger partial charge in [0, 0.05) is 20.8 Å². The molecule has 172 valence electrons. The van der Waals surface area contributed by atoms with Gasteiger partial charge in [0.05, 0.1) is 11.1 Å². The lowest BCUT2D eigenvalue weighted by Crippen LogP contribution is -2.66. The zero-order valence-electron chi connectivity index (χ0n) is 17.9. The predicted octanol–water partition coefficient (Wildman–Crippen LogP) is 1.17. The van der Waals surface area contributed by atoms with Gasteiger partial charge in [-0.3, -0.25) is 28.9 Å². The van der Waals surface area contributed by atoms with E-state index in [1.807, 2.05) is 0 Å². The van der Waals surface area contributed by atoms with E-state index in [2.05, 4.69) is 0 Å². The summed E-state index contributed by atoms with van der Waals surface area (Å²) in [4.78, 5) is 62.4. The smallest absolute Gasteiger partial charge is 0.303 e. The molecular formula is C21H23NO9S. The third-order valence-corrected chi connectivity index (χ3v) is 5.88. The van der Waals surface area contributed by atoms with Gasteiger partial charge in [0.2, 0.25) is 0 Å². The normalized spacial score (nSPS) is 27.0. The molecule has 2 amide bonds. The molecule has 32 heavy (non-hydrogen) atoms. The molecule has 0 saturated carbocycles. The molecule has 0 unspecified atom stereocenters. The lowest BCUT2D eigenvalue weighted by atomic mass is 9.96. The van der Waals surface area contributed by atoms with Gasteiger partial charge < -0.3 is 18.9 Å². The molecule has 1 fully saturated rings. The molecule has 0 bridgehead atoms. The number of benzene rings is 1. The van der Waals surface area contributed by atoms with Crippen molar-refractivity contribution in [1.29, 1.82) is 0 Å². The second kappa shape index (κ2) is 9.70. The van der Waals surface area contributed by atoms with E-state index < -0.39 is 59.5 Å². The number of nitrogens with zero attached hydrogens (tertiary/aromatic N) is 1. The third-order valence-electron chi connectivity index (χ3n) is 5.03. The minimum Gasteiger partial charge on any atom is -0.463 e. The maximum atomic E-state index is 13.1. The number of hydrogen-bond acceptors (Lipinski definition) is 10. The van der Waals surface area contributed by atoms with Crippen LogP contribution in [0.25, 0.3) is 0 Å². The zero-order chi connectivity index (χ0) is 23.6. The van der Waals surface area contributed by atoms with Crippen LogP contribution >= 0.6 is 11.8 Å². The van der Waals surface area contributed by atoms with Crippen LogP contribution in [-0.2, 0) is 33.3 Å². The van der Waals surface area contributed by atoms with Gasteiger partial charge in [0.1, 0.15) is 24.2 Å². The molecule has 0 N–H and O–H groups in total. The van der Waals surface area contributed by atoms with Crippen molar-refractivity contribution >= 4 is 41.5 Å². The van der Waals surface area contributed by atoms with E-state index in [1.54, 1.807) is 18.4 Å². The van der Waals surface area contributed by atoms with Crippen molar-refractivity contribution in [1.82, 2.24) is 4.90 Å². The number of imide groups is 1. The maximum absolute atomic E-state index is 13.1. The van der Waals surface area contributed by atoms with E-state index in [4.69, 9.17) is 18.9 Å². The van der Waals surface area contributed by atoms with Crippen LogP contribution in [0.4, 0.5) is 0 Å². The van der Waals surface area contributed by atoms with Crippen LogP contribution in [0.2, 0.25) is 0 Å². The molecule has 3 rings (SSSR count). The Kier molecular flexibility index (Phi) is 7.19. The highest BCUT2D eigenvalue weighted by molar-refractivity contribution is 7.99. The Morgan fingerprint density at radius 2 is 1.47 bits per heavy atom. The Labute approximate surface area is 188 Å². The van der Waals surface area contributed by atoms with E-state index in [0.717, 1.165) is 18.7 Å². The summed E-state index contributed by atoms with van der Waals surface area (Å²) in [6, 6.07) is 5.23. The molecule has 1 aromatic rings. The van der Waals surface area contributed by atoms with Gasteiger partial charge in [0.15, 0.2) is 12.2 Å². The fourth-order valence-electron chi connectivity index (χ4n) is 3.83. The van der Waals surface area contributed by atoms with Crippen molar-refractivity contribution < 1.29 is 42.9 Å². The standard InChI is InChI=1S/C21H23NO9S/c1-10(23)28-9-15-17(29-11(2)24)18(30-12(3)25)16(21(31-15)32-4)22-19(26)13-7-5-6-8-14(13)20(22)27/h5-8,15-18,21H,9H2,1-4H3/t15-,16-,17+,18-,21+/m1/s1. The third kappa shape index (κ3) is 4.63. The minimum atomic E-state index is -1.25. The molecule has 2 aliphatic heterocycles. The van der Waals surface area contributed by atoms with Gasteiger partial charge in [-0.15, -0.1) is 11.8 Å². The SMILES string of the molecule is CS[C@@H]1O[C@H](COC(C)=O)[C@H](OC(C)=O)[C@H](OC(C)=O)[C@H]1N1C(=O)c2ccccc2C1=O. The van der Waals surface area contributed by atoms with Crippen LogP contribution < -0.4 is 0 Å². The highest BCUT2D eigenvalue weighted by Gasteiger charge is 2.56. The van der Waals surface area contributed by atoms with Gasteiger partial charge in [-0.05, 0) is 18.4 Å². The average molecular weight is 465 g/mol. The summed E-state index contributed by atoms with van der Waals surface area (Å²) in [6.45, 7) is 3.25. The summed E-state index contributed by atoms with van der Waals surface area (Å²) in [6.07, 6.45) is -1.77. The summed E-state index contributed by atoms with van der Waals surface area (Å²) in [5, 5.41) is 0. The van der Waals surface area contributed by atoms with Crippen molar-refractivity contribution in [3.05, 3.63) is 35.4 Å². The van der Waals surface area contributed by atoms with Crippen LogP contribution in [0.15, 0.2) is 24.3 Å². The number of fused-ring (bicyclic) bond motifs is 1. The van der Waals surface area contributed by atoms with Crippen LogP contribution in [-0.4, -0.2) is 77.3 Å². The molecule has 0 spiro atoms. The largest absolute Gasteiger partial charge is 0.463 e. The molecule has 5 atom stereocenters. The number of thioether (sulfide) groups is 1. The van der Waals surface area contributed by atoms with Crippen LogP contribution in [0.5, 0.6) is 0 Å².